The minimum absolute atomic E-state index is 0.230. The molecule has 2 aromatic rings. The minimum Gasteiger partial charge on any atom is -0.494 e. The maximum Gasteiger partial charge on any atom is 0.122 e. The number of benzene rings is 2. The summed E-state index contributed by atoms with van der Waals surface area (Å²) in [6.07, 6.45) is 1.89. The fourth-order valence-electron chi connectivity index (χ4n) is 2.86. The summed E-state index contributed by atoms with van der Waals surface area (Å²) in [4.78, 5) is 0. The molecule has 130 valence electrons. The van der Waals surface area contributed by atoms with Crippen LogP contribution in [0.4, 0.5) is 0 Å². The Bertz CT molecular complexity index is 639. The van der Waals surface area contributed by atoms with Crippen molar-refractivity contribution < 1.29 is 9.47 Å². The summed E-state index contributed by atoms with van der Waals surface area (Å²) >= 11 is 0. The van der Waals surface area contributed by atoms with Crippen LogP contribution >= 0.6 is 0 Å². The van der Waals surface area contributed by atoms with Crippen LogP contribution in [-0.4, -0.2) is 19.8 Å². The third-order valence-electron chi connectivity index (χ3n) is 4.04. The number of hydrogen-bond acceptors (Lipinski definition) is 3. The molecular weight excluding hydrogens is 298 g/mol. The monoisotopic (exact) mass is 327 g/mol. The highest BCUT2D eigenvalue weighted by Gasteiger charge is 2.16. The van der Waals surface area contributed by atoms with Crippen LogP contribution in [0.15, 0.2) is 42.5 Å². The molecule has 0 heterocycles. The first-order valence-corrected chi connectivity index (χ1v) is 8.83. The van der Waals surface area contributed by atoms with Gasteiger partial charge in [-0.15, -0.1) is 0 Å². The molecule has 2 N–H and O–H groups in total. The molecule has 0 bridgehead atoms. The fraction of sp³-hybridized carbons (Fsp3) is 0.429. The highest BCUT2D eigenvalue weighted by molar-refractivity contribution is 5.41. The van der Waals surface area contributed by atoms with Gasteiger partial charge in [-0.1, -0.05) is 36.8 Å². The summed E-state index contributed by atoms with van der Waals surface area (Å²) < 4.78 is 11.6. The van der Waals surface area contributed by atoms with Gasteiger partial charge in [0.1, 0.15) is 11.5 Å². The van der Waals surface area contributed by atoms with Crippen molar-refractivity contribution in [1.29, 1.82) is 0 Å². The molecule has 3 heteroatoms. The zero-order valence-corrected chi connectivity index (χ0v) is 15.0. The lowest BCUT2D eigenvalue weighted by Gasteiger charge is -2.20. The predicted octanol–water partition coefficient (Wildman–Crippen LogP) is 4.47. The summed E-state index contributed by atoms with van der Waals surface area (Å²) in [5.41, 5.74) is 9.76. The van der Waals surface area contributed by atoms with E-state index in [-0.39, 0.29) is 5.92 Å². The van der Waals surface area contributed by atoms with Crippen LogP contribution in [0.3, 0.4) is 0 Å². The first-order valence-electron chi connectivity index (χ1n) is 8.83. The van der Waals surface area contributed by atoms with Crippen molar-refractivity contribution in [2.75, 3.05) is 19.8 Å². The Morgan fingerprint density at radius 1 is 1.04 bits per heavy atom. The van der Waals surface area contributed by atoms with Crippen molar-refractivity contribution in [2.45, 2.75) is 39.5 Å². The molecule has 1 atom stereocenters. The summed E-state index contributed by atoms with van der Waals surface area (Å²) in [6, 6.07) is 14.6. The first-order chi connectivity index (χ1) is 11.7. The second kappa shape index (κ2) is 9.33. The van der Waals surface area contributed by atoms with Crippen LogP contribution < -0.4 is 15.2 Å². The summed E-state index contributed by atoms with van der Waals surface area (Å²) in [5, 5.41) is 0. The molecule has 0 saturated carbocycles. The van der Waals surface area contributed by atoms with Gasteiger partial charge < -0.3 is 15.2 Å². The van der Waals surface area contributed by atoms with Crippen LogP contribution in [0, 0.1) is 6.92 Å². The summed E-state index contributed by atoms with van der Waals surface area (Å²) in [6.45, 7) is 8.22. The second-order valence-corrected chi connectivity index (χ2v) is 6.11. The largest absolute Gasteiger partial charge is 0.494 e. The molecule has 0 saturated heterocycles. The van der Waals surface area contributed by atoms with Crippen LogP contribution in [-0.2, 0) is 6.42 Å². The highest BCUT2D eigenvalue weighted by atomic mass is 16.5. The molecule has 3 nitrogen and oxygen atoms in total. The van der Waals surface area contributed by atoms with Gasteiger partial charge >= 0.3 is 0 Å². The van der Waals surface area contributed by atoms with E-state index >= 15 is 0 Å². The molecule has 2 aromatic carbocycles. The summed E-state index contributed by atoms with van der Waals surface area (Å²) in [5.74, 6) is 2.10. The number of hydrogen-bond donors (Lipinski definition) is 1. The molecule has 0 aliphatic carbocycles. The highest BCUT2D eigenvalue weighted by Crippen LogP contribution is 2.30. The molecule has 2 rings (SSSR count). The Balaban J connectivity index is 2.22. The Hall–Kier alpha value is -2.00. The van der Waals surface area contributed by atoms with Gasteiger partial charge in [0.2, 0.25) is 0 Å². The van der Waals surface area contributed by atoms with Gasteiger partial charge in [-0.2, -0.15) is 0 Å². The van der Waals surface area contributed by atoms with Gasteiger partial charge in [0.25, 0.3) is 0 Å². The molecule has 0 aliphatic rings. The van der Waals surface area contributed by atoms with Crippen LogP contribution in [0.2, 0.25) is 0 Å². The van der Waals surface area contributed by atoms with Gasteiger partial charge in [-0.05, 0) is 62.6 Å². The first kappa shape index (κ1) is 18.3. The van der Waals surface area contributed by atoms with Crippen LogP contribution in [0.25, 0.3) is 0 Å². The van der Waals surface area contributed by atoms with E-state index in [0.717, 1.165) is 30.9 Å². The Morgan fingerprint density at radius 2 is 1.88 bits per heavy atom. The van der Waals surface area contributed by atoms with Crippen molar-refractivity contribution in [3.05, 3.63) is 59.2 Å². The van der Waals surface area contributed by atoms with Gasteiger partial charge in [-0.3, -0.25) is 0 Å². The maximum absolute atomic E-state index is 6.10. The van der Waals surface area contributed by atoms with Gasteiger partial charge in [0.15, 0.2) is 0 Å². The van der Waals surface area contributed by atoms with Gasteiger partial charge in [0.05, 0.1) is 13.2 Å². The Labute approximate surface area is 145 Å². The van der Waals surface area contributed by atoms with E-state index in [9.17, 15) is 0 Å². The normalized spacial score (nSPS) is 12.0. The summed E-state index contributed by atoms with van der Waals surface area (Å²) in [7, 11) is 0. The molecule has 0 aromatic heterocycles. The molecule has 0 aliphatic heterocycles. The van der Waals surface area contributed by atoms with Gasteiger partial charge in [-0.25, -0.2) is 0 Å². The average molecular weight is 327 g/mol. The molecule has 24 heavy (non-hydrogen) atoms. The quantitative estimate of drug-likeness (QED) is 0.739. The SMILES string of the molecule is CCCOc1cccc(CC(CN)c2cc(C)ccc2OCC)c1. The Kier molecular flexibility index (Phi) is 7.13. The van der Waals surface area contributed by atoms with Crippen molar-refractivity contribution >= 4 is 0 Å². The molecule has 0 fully saturated rings. The van der Waals surface area contributed by atoms with E-state index in [4.69, 9.17) is 15.2 Å². The zero-order chi connectivity index (χ0) is 17.4. The lowest BCUT2D eigenvalue weighted by atomic mass is 9.90. The van der Waals surface area contributed by atoms with E-state index < -0.39 is 0 Å². The molecule has 0 spiro atoms. The number of ether oxygens (including phenoxy) is 2. The molecule has 0 radical (unpaired) electrons. The lowest BCUT2D eigenvalue weighted by Crippen LogP contribution is -2.16. The van der Waals surface area contributed by atoms with Crippen molar-refractivity contribution in [3.63, 3.8) is 0 Å². The third-order valence-corrected chi connectivity index (χ3v) is 4.04. The molecule has 0 amide bonds. The van der Waals surface area contributed by atoms with Crippen LogP contribution in [0.5, 0.6) is 11.5 Å². The topological polar surface area (TPSA) is 44.5 Å². The number of rotatable bonds is 9. The fourth-order valence-corrected chi connectivity index (χ4v) is 2.86. The van der Waals surface area contributed by atoms with E-state index in [1.807, 2.05) is 19.1 Å². The predicted molar refractivity (Wildman–Crippen MR) is 100 cm³/mol. The molecular formula is C21H29NO2. The third kappa shape index (κ3) is 5.00. The standard InChI is InChI=1S/C21H29NO2/c1-4-11-24-19-8-6-7-17(14-19)13-18(15-22)20-12-16(3)9-10-21(20)23-5-2/h6-10,12,14,18H,4-5,11,13,15,22H2,1-3H3. The van der Waals surface area contributed by atoms with E-state index in [2.05, 4.69) is 44.2 Å². The average Bonchev–Trinajstić information content (AvgIpc) is 2.60. The second-order valence-electron chi connectivity index (χ2n) is 6.11. The van der Waals surface area contributed by atoms with Crippen molar-refractivity contribution in [2.24, 2.45) is 5.73 Å². The van der Waals surface area contributed by atoms with E-state index in [0.29, 0.717) is 13.2 Å². The van der Waals surface area contributed by atoms with Crippen molar-refractivity contribution in [3.8, 4) is 11.5 Å². The minimum atomic E-state index is 0.230. The number of aryl methyl sites for hydroxylation is 1. The number of nitrogens with two attached hydrogens (primary N) is 1. The van der Waals surface area contributed by atoms with Crippen molar-refractivity contribution in [1.82, 2.24) is 0 Å². The Morgan fingerprint density at radius 3 is 2.58 bits per heavy atom. The maximum atomic E-state index is 6.10. The zero-order valence-electron chi connectivity index (χ0n) is 15.0. The van der Waals surface area contributed by atoms with E-state index in [1.54, 1.807) is 0 Å². The lowest BCUT2D eigenvalue weighted by molar-refractivity contribution is 0.317. The van der Waals surface area contributed by atoms with Gasteiger partial charge in [0, 0.05) is 5.92 Å². The molecule has 1 unspecified atom stereocenters. The van der Waals surface area contributed by atoms with E-state index in [1.165, 1.54) is 16.7 Å². The smallest absolute Gasteiger partial charge is 0.122 e. The van der Waals surface area contributed by atoms with Crippen LogP contribution in [0.1, 0.15) is 42.9 Å².